The number of phenols is 6. The maximum atomic E-state index is 12.4. The first-order chi connectivity index (χ1) is 24.6. The predicted molar refractivity (Wildman–Crippen MR) is 201 cm³/mol. The number of para-hydroxylation sites is 1. The van der Waals surface area contributed by atoms with Gasteiger partial charge in [-0.25, -0.2) is 4.79 Å². The van der Waals surface area contributed by atoms with Gasteiger partial charge >= 0.3 is 5.97 Å². The van der Waals surface area contributed by atoms with Crippen LogP contribution in [0.1, 0.15) is 78.6 Å². The van der Waals surface area contributed by atoms with Gasteiger partial charge < -0.3 is 45.8 Å². The molecule has 0 saturated heterocycles. The highest BCUT2D eigenvalue weighted by molar-refractivity contribution is 6.13. The molecule has 5 aromatic carbocycles. The van der Waals surface area contributed by atoms with Crippen LogP contribution in [-0.4, -0.2) is 64.1 Å². The summed E-state index contributed by atoms with van der Waals surface area (Å²) in [5.41, 5.74) is 3.25. The van der Waals surface area contributed by atoms with Crippen molar-refractivity contribution >= 4 is 44.6 Å². The molecule has 52 heavy (non-hydrogen) atoms. The van der Waals surface area contributed by atoms with Crippen molar-refractivity contribution in [3.63, 3.8) is 0 Å². The number of phenolic OH excluding ortho intramolecular Hbond substituents is 5. The van der Waals surface area contributed by atoms with Gasteiger partial charge in [0.1, 0.15) is 11.5 Å². The largest absolute Gasteiger partial charge is 0.507 e. The first-order valence-electron chi connectivity index (χ1n) is 17.0. The minimum Gasteiger partial charge on any atom is -0.507 e. The van der Waals surface area contributed by atoms with Crippen LogP contribution in [0.15, 0.2) is 47.5 Å². The summed E-state index contributed by atoms with van der Waals surface area (Å²) < 4.78 is 0. The summed E-state index contributed by atoms with van der Waals surface area (Å²) in [7, 11) is 0. The van der Waals surface area contributed by atoms with E-state index in [0.29, 0.717) is 38.7 Å². The number of hydrogen-bond donors (Lipinski definition) is 9. The van der Waals surface area contributed by atoms with Crippen LogP contribution in [-0.2, 0) is 17.8 Å². The second-order valence-electron chi connectivity index (χ2n) is 14.0. The van der Waals surface area contributed by atoms with Crippen LogP contribution in [0.5, 0.6) is 34.5 Å². The number of H-pyrrole nitrogens is 1. The number of aliphatic carboxylic acids is 1. The van der Waals surface area contributed by atoms with E-state index < -0.39 is 41.6 Å². The summed E-state index contributed by atoms with van der Waals surface area (Å²) in [5, 5.41) is 91.0. The van der Waals surface area contributed by atoms with Crippen LogP contribution in [0.3, 0.4) is 0 Å². The van der Waals surface area contributed by atoms with E-state index >= 15 is 0 Å². The van der Waals surface area contributed by atoms with Crippen molar-refractivity contribution < 1.29 is 45.6 Å². The van der Waals surface area contributed by atoms with Gasteiger partial charge in [0.05, 0.1) is 6.61 Å². The zero-order valence-corrected chi connectivity index (χ0v) is 29.7. The highest BCUT2D eigenvalue weighted by atomic mass is 16.4. The Hall–Kier alpha value is -5.94. The molecule has 0 spiro atoms. The number of rotatable bonds is 9. The Morgan fingerprint density at radius 1 is 0.750 bits per heavy atom. The summed E-state index contributed by atoms with van der Waals surface area (Å²) in [6.45, 7) is 9.97. The molecule has 9 N–H and O–H groups in total. The summed E-state index contributed by atoms with van der Waals surface area (Å²) >= 11 is 0. The maximum absolute atomic E-state index is 12.4. The molecule has 0 bridgehead atoms. The molecular formula is C41H42N2O9. The highest BCUT2D eigenvalue weighted by Gasteiger charge is 2.30. The molecule has 0 radical (unpaired) electrons. The summed E-state index contributed by atoms with van der Waals surface area (Å²) in [6.07, 6.45) is 1.12. The quantitative estimate of drug-likeness (QED) is 0.0529. The number of aliphatic hydroxyl groups is 1. The van der Waals surface area contributed by atoms with Crippen molar-refractivity contribution in [1.29, 1.82) is 0 Å². The SMILES string of the molecule is Cc1cc2c(C(C)C)c(O)c(O)c(C=N[C@@H](Cc3cc4ccccc4[nH]3)C(=O)O)c2c(O)c1-c1c(C)cc2c(C(C)C)c(O)c(O)c(CO)c2c1O. The second kappa shape index (κ2) is 13.3. The molecule has 0 saturated carbocycles. The Balaban J connectivity index is 1.63. The third-order valence-electron chi connectivity index (χ3n) is 9.88. The smallest absolute Gasteiger partial charge is 0.328 e. The number of fused-ring (bicyclic) bond motifs is 3. The number of carbonyl (C=O) groups is 1. The van der Waals surface area contributed by atoms with Crippen LogP contribution in [0.4, 0.5) is 0 Å². The molecule has 1 atom stereocenters. The molecule has 1 heterocycles. The van der Waals surface area contributed by atoms with Crippen molar-refractivity contribution in [3.05, 3.63) is 81.5 Å². The second-order valence-corrected chi connectivity index (χ2v) is 14.0. The van der Waals surface area contributed by atoms with Crippen LogP contribution in [0.25, 0.3) is 43.6 Å². The van der Waals surface area contributed by atoms with Crippen molar-refractivity contribution in [3.8, 4) is 45.6 Å². The normalized spacial score (nSPS) is 12.7. The van der Waals surface area contributed by atoms with Crippen LogP contribution >= 0.6 is 0 Å². The average Bonchev–Trinajstić information content (AvgIpc) is 3.49. The van der Waals surface area contributed by atoms with Gasteiger partial charge in [0.2, 0.25) is 0 Å². The Morgan fingerprint density at radius 3 is 1.83 bits per heavy atom. The molecule has 0 unspecified atom stereocenters. The van der Waals surface area contributed by atoms with Gasteiger partial charge in [-0.3, -0.25) is 4.99 Å². The number of hydrogen-bond acceptors (Lipinski definition) is 9. The molecule has 0 fully saturated rings. The van der Waals surface area contributed by atoms with E-state index in [4.69, 9.17) is 0 Å². The number of aliphatic imine (C=N–C) groups is 1. The number of aryl methyl sites for hydroxylation is 2. The van der Waals surface area contributed by atoms with E-state index in [9.17, 15) is 45.6 Å². The number of carboxylic acid groups (broad SMARTS) is 1. The molecule has 6 rings (SSSR count). The van der Waals surface area contributed by atoms with E-state index in [1.54, 1.807) is 26.0 Å². The fraction of sp³-hybridized carbons (Fsp3) is 0.268. The number of carboxylic acids is 1. The standard InChI is InChI=1S/C41H42N2O9/c1-17(2)29-23-11-19(5)31(32-20(6)12-24-30(18(3)4)40(50)36(46)26(16-44)34(24)38(32)48)37(47)33(23)25(35(45)39(29)49)15-42-28(41(51)52)14-22-13-21-9-7-8-10-27(21)43-22/h7-13,15,17-18,28,43-50H,14,16H2,1-6H3,(H,51,52)/t28-/m0/s1. The molecule has 11 nitrogen and oxygen atoms in total. The molecule has 6 aromatic rings. The Labute approximate surface area is 299 Å². The topological polar surface area (TPSA) is 207 Å². The van der Waals surface area contributed by atoms with Crippen LogP contribution in [0.2, 0.25) is 0 Å². The van der Waals surface area contributed by atoms with Crippen molar-refractivity contribution in [1.82, 2.24) is 4.98 Å². The zero-order chi connectivity index (χ0) is 37.9. The minimum atomic E-state index is -1.30. The van der Waals surface area contributed by atoms with Gasteiger partial charge in [-0.15, -0.1) is 0 Å². The van der Waals surface area contributed by atoms with E-state index in [1.165, 1.54) is 0 Å². The van der Waals surface area contributed by atoms with E-state index in [1.807, 2.05) is 58.0 Å². The number of aliphatic hydroxyl groups excluding tert-OH is 1. The molecule has 0 aliphatic rings. The van der Waals surface area contributed by atoms with Gasteiger partial charge in [0.25, 0.3) is 0 Å². The van der Waals surface area contributed by atoms with E-state index in [-0.39, 0.29) is 62.8 Å². The molecule has 0 aliphatic heterocycles. The average molecular weight is 707 g/mol. The van der Waals surface area contributed by atoms with Gasteiger partial charge in [-0.2, -0.15) is 0 Å². The lowest BCUT2D eigenvalue weighted by molar-refractivity contribution is -0.138. The van der Waals surface area contributed by atoms with Gasteiger partial charge in [0, 0.05) is 68.0 Å². The number of aromatic hydroxyl groups is 6. The summed E-state index contributed by atoms with van der Waals surface area (Å²) in [6, 6.07) is 11.5. The van der Waals surface area contributed by atoms with Gasteiger partial charge in [-0.05, 0) is 65.1 Å². The van der Waals surface area contributed by atoms with E-state index in [2.05, 4.69) is 9.98 Å². The molecular weight excluding hydrogens is 664 g/mol. The third-order valence-corrected chi connectivity index (χ3v) is 9.88. The monoisotopic (exact) mass is 706 g/mol. The minimum absolute atomic E-state index is 0.0102. The van der Waals surface area contributed by atoms with Crippen molar-refractivity contribution in [2.75, 3.05) is 0 Å². The third kappa shape index (κ3) is 5.67. The number of aromatic nitrogens is 1. The fourth-order valence-corrected chi connectivity index (χ4v) is 7.52. The summed E-state index contributed by atoms with van der Waals surface area (Å²) in [5.74, 6) is -4.58. The predicted octanol–water partition coefficient (Wildman–Crippen LogP) is 7.85. The van der Waals surface area contributed by atoms with Crippen molar-refractivity contribution in [2.24, 2.45) is 4.99 Å². The lowest BCUT2D eigenvalue weighted by atomic mass is 9.83. The van der Waals surface area contributed by atoms with E-state index in [0.717, 1.165) is 17.1 Å². The number of nitrogens with zero attached hydrogens (tertiary/aromatic N) is 1. The first kappa shape index (κ1) is 35.9. The van der Waals surface area contributed by atoms with Gasteiger partial charge in [0.15, 0.2) is 29.0 Å². The molecule has 0 aliphatic carbocycles. The Bertz CT molecular complexity index is 2430. The molecule has 0 amide bonds. The molecule has 270 valence electrons. The zero-order valence-electron chi connectivity index (χ0n) is 29.7. The Morgan fingerprint density at radius 2 is 1.29 bits per heavy atom. The highest BCUT2D eigenvalue weighted by Crippen LogP contribution is 2.54. The number of benzene rings is 5. The first-order valence-corrected chi connectivity index (χ1v) is 17.0. The number of aromatic amines is 1. The summed E-state index contributed by atoms with van der Waals surface area (Å²) in [4.78, 5) is 20.0. The Kier molecular flexibility index (Phi) is 9.18. The van der Waals surface area contributed by atoms with Gasteiger partial charge in [-0.1, -0.05) is 58.0 Å². The lowest BCUT2D eigenvalue weighted by Gasteiger charge is -2.24. The van der Waals surface area contributed by atoms with Crippen LogP contribution < -0.4 is 0 Å². The number of nitrogens with one attached hydrogen (secondary N) is 1. The lowest BCUT2D eigenvalue weighted by Crippen LogP contribution is -2.21. The fourth-order valence-electron chi connectivity index (χ4n) is 7.52. The molecule has 1 aromatic heterocycles. The maximum Gasteiger partial charge on any atom is 0.328 e. The van der Waals surface area contributed by atoms with Crippen LogP contribution in [0, 0.1) is 13.8 Å². The van der Waals surface area contributed by atoms with Crippen molar-refractivity contribution in [2.45, 2.75) is 72.4 Å². The molecule has 11 heteroatoms.